The van der Waals surface area contributed by atoms with E-state index >= 15 is 0 Å². The molecule has 2 aromatic heterocycles. The van der Waals surface area contributed by atoms with Gasteiger partial charge in [0.05, 0.1) is 0 Å². The molecule has 0 aliphatic rings. The first-order valence-corrected chi connectivity index (χ1v) is 7.38. The van der Waals surface area contributed by atoms with Crippen LogP contribution in [0.1, 0.15) is 0 Å². The maximum absolute atomic E-state index is 6.14. The first kappa shape index (κ1) is 10.7. The van der Waals surface area contributed by atoms with Crippen molar-refractivity contribution in [1.82, 2.24) is 0 Å². The summed E-state index contributed by atoms with van der Waals surface area (Å²) < 4.78 is 12.3. The van der Waals surface area contributed by atoms with Gasteiger partial charge in [-0.05, 0) is 33.7 Å². The lowest BCUT2D eigenvalue weighted by atomic mass is 10.00. The van der Waals surface area contributed by atoms with Gasteiger partial charge in [-0.15, -0.1) is 0 Å². The van der Waals surface area contributed by atoms with E-state index in [1.54, 1.807) is 0 Å². The summed E-state index contributed by atoms with van der Waals surface area (Å²) in [4.78, 5) is 0. The third kappa shape index (κ3) is 1.10. The Morgan fingerprint density at radius 1 is 0.545 bits per heavy atom. The molecule has 4 aromatic carbocycles. The van der Waals surface area contributed by atoms with E-state index in [1.165, 1.54) is 32.3 Å². The van der Waals surface area contributed by atoms with Crippen molar-refractivity contribution in [3.05, 3.63) is 60.7 Å². The minimum Gasteiger partial charge on any atom is -0.449 e. The molecule has 2 heteroatoms. The van der Waals surface area contributed by atoms with Crippen LogP contribution in [0.5, 0.6) is 0 Å². The zero-order valence-electron chi connectivity index (χ0n) is 11.6. The Balaban J connectivity index is 2.13. The second-order valence-electron chi connectivity index (χ2n) is 5.80. The van der Waals surface area contributed by atoms with Gasteiger partial charge in [0.15, 0.2) is 22.3 Å². The van der Waals surface area contributed by atoms with Crippen LogP contribution in [0.25, 0.3) is 54.6 Å². The first-order chi connectivity index (χ1) is 10.9. The lowest BCUT2D eigenvalue weighted by molar-refractivity contribution is 0.591. The fourth-order valence-electron chi connectivity index (χ4n) is 3.68. The molecule has 0 amide bonds. The largest absolute Gasteiger partial charge is 0.449 e. The quantitative estimate of drug-likeness (QED) is 0.316. The molecule has 6 aromatic rings. The summed E-state index contributed by atoms with van der Waals surface area (Å²) in [5, 5.41) is 7.12. The average Bonchev–Trinajstić information content (AvgIpc) is 2.95. The predicted octanol–water partition coefficient (Wildman–Crippen LogP) is 6.08. The number of benzene rings is 4. The zero-order chi connectivity index (χ0) is 14.3. The SMILES string of the molecule is c1ccc2c(c1)cc1oc3cc4ccccc4c4c3oc1c24. The molecular formula is C20H10O2. The summed E-state index contributed by atoms with van der Waals surface area (Å²) in [5.74, 6) is 0. The fraction of sp³-hybridized carbons (Fsp3) is 0. The summed E-state index contributed by atoms with van der Waals surface area (Å²) >= 11 is 0. The van der Waals surface area contributed by atoms with Crippen LogP contribution in [-0.4, -0.2) is 0 Å². The Labute approximate surface area is 124 Å². The standard InChI is InChI=1S/C20H10O2/c1-3-7-13-11(5-1)9-15-19-17(13)18-14-8-4-2-6-12(14)10-16(21-15)20(18)22-19/h1-10H. The summed E-state index contributed by atoms with van der Waals surface area (Å²) in [6.45, 7) is 0. The van der Waals surface area contributed by atoms with Crippen molar-refractivity contribution >= 4 is 54.6 Å². The van der Waals surface area contributed by atoms with E-state index in [4.69, 9.17) is 8.83 Å². The van der Waals surface area contributed by atoms with E-state index in [1.807, 2.05) is 0 Å². The minimum absolute atomic E-state index is 0.812. The average molecular weight is 282 g/mol. The molecule has 22 heavy (non-hydrogen) atoms. The Hall–Kier alpha value is -3.00. The second-order valence-corrected chi connectivity index (χ2v) is 5.80. The van der Waals surface area contributed by atoms with Crippen molar-refractivity contribution in [2.75, 3.05) is 0 Å². The molecule has 0 unspecified atom stereocenters. The predicted molar refractivity (Wildman–Crippen MR) is 89.7 cm³/mol. The fourth-order valence-corrected chi connectivity index (χ4v) is 3.68. The highest BCUT2D eigenvalue weighted by Gasteiger charge is 2.21. The third-order valence-electron chi connectivity index (χ3n) is 4.61. The molecule has 0 radical (unpaired) electrons. The summed E-state index contributed by atoms with van der Waals surface area (Å²) in [7, 11) is 0. The molecule has 0 saturated heterocycles. The molecule has 0 spiro atoms. The highest BCUT2D eigenvalue weighted by atomic mass is 16.4. The summed E-state index contributed by atoms with van der Waals surface area (Å²) in [6.07, 6.45) is 0. The van der Waals surface area contributed by atoms with Crippen molar-refractivity contribution in [2.45, 2.75) is 0 Å². The van der Waals surface area contributed by atoms with Gasteiger partial charge in [0.1, 0.15) is 0 Å². The number of hydrogen-bond donors (Lipinski definition) is 0. The van der Waals surface area contributed by atoms with Crippen molar-refractivity contribution in [1.29, 1.82) is 0 Å². The van der Waals surface area contributed by atoms with Crippen molar-refractivity contribution in [3.8, 4) is 0 Å². The Morgan fingerprint density at radius 3 is 1.59 bits per heavy atom. The van der Waals surface area contributed by atoms with Gasteiger partial charge in [0.25, 0.3) is 0 Å². The maximum Gasteiger partial charge on any atom is 0.178 e. The first-order valence-electron chi connectivity index (χ1n) is 7.38. The Morgan fingerprint density at radius 2 is 1.05 bits per heavy atom. The zero-order valence-corrected chi connectivity index (χ0v) is 11.6. The normalized spacial score (nSPS) is 12.5. The molecule has 6 rings (SSSR count). The lowest BCUT2D eigenvalue weighted by Gasteiger charge is -2.00. The van der Waals surface area contributed by atoms with Gasteiger partial charge in [0.2, 0.25) is 0 Å². The molecule has 0 aliphatic carbocycles. The highest BCUT2D eigenvalue weighted by molar-refractivity contribution is 6.31. The summed E-state index contributed by atoms with van der Waals surface area (Å²) in [6, 6.07) is 21.0. The number of hydrogen-bond acceptors (Lipinski definition) is 2. The second kappa shape index (κ2) is 3.42. The van der Waals surface area contributed by atoms with Gasteiger partial charge in [0, 0.05) is 10.8 Å². The lowest BCUT2D eigenvalue weighted by Crippen LogP contribution is -1.75. The van der Waals surface area contributed by atoms with Crippen molar-refractivity contribution < 1.29 is 8.83 Å². The topological polar surface area (TPSA) is 26.3 Å². The monoisotopic (exact) mass is 282 g/mol. The van der Waals surface area contributed by atoms with Crippen LogP contribution in [-0.2, 0) is 0 Å². The molecule has 0 atom stereocenters. The van der Waals surface area contributed by atoms with Gasteiger partial charge in [-0.3, -0.25) is 0 Å². The van der Waals surface area contributed by atoms with Gasteiger partial charge in [-0.25, -0.2) is 0 Å². The molecule has 0 N–H and O–H groups in total. The van der Waals surface area contributed by atoms with Crippen LogP contribution in [0.3, 0.4) is 0 Å². The Kier molecular flexibility index (Phi) is 1.66. The molecule has 2 bridgehead atoms. The van der Waals surface area contributed by atoms with Crippen molar-refractivity contribution in [3.63, 3.8) is 0 Å². The molecular weight excluding hydrogens is 272 g/mol. The van der Waals surface area contributed by atoms with Crippen LogP contribution < -0.4 is 0 Å². The maximum atomic E-state index is 6.14. The van der Waals surface area contributed by atoms with Gasteiger partial charge in [-0.1, -0.05) is 48.5 Å². The van der Waals surface area contributed by atoms with E-state index in [2.05, 4.69) is 60.7 Å². The highest BCUT2D eigenvalue weighted by Crippen LogP contribution is 2.44. The van der Waals surface area contributed by atoms with E-state index in [-0.39, 0.29) is 0 Å². The van der Waals surface area contributed by atoms with E-state index in [0.717, 1.165) is 22.3 Å². The van der Waals surface area contributed by atoms with Crippen LogP contribution >= 0.6 is 0 Å². The molecule has 0 fully saturated rings. The van der Waals surface area contributed by atoms with E-state index in [0.29, 0.717) is 0 Å². The van der Waals surface area contributed by atoms with Crippen molar-refractivity contribution in [2.24, 2.45) is 0 Å². The van der Waals surface area contributed by atoms with Crippen LogP contribution in [0, 0.1) is 0 Å². The van der Waals surface area contributed by atoms with Crippen LogP contribution in [0.4, 0.5) is 0 Å². The minimum atomic E-state index is 0.812. The van der Waals surface area contributed by atoms with Gasteiger partial charge >= 0.3 is 0 Å². The summed E-state index contributed by atoms with van der Waals surface area (Å²) in [5.41, 5.74) is 3.34. The van der Waals surface area contributed by atoms with E-state index < -0.39 is 0 Å². The van der Waals surface area contributed by atoms with Crippen LogP contribution in [0.2, 0.25) is 0 Å². The van der Waals surface area contributed by atoms with Gasteiger partial charge < -0.3 is 8.83 Å². The molecule has 2 heterocycles. The van der Waals surface area contributed by atoms with E-state index in [9.17, 15) is 0 Å². The van der Waals surface area contributed by atoms with Crippen LogP contribution in [0.15, 0.2) is 69.5 Å². The molecule has 0 saturated carbocycles. The molecule has 102 valence electrons. The van der Waals surface area contributed by atoms with Gasteiger partial charge in [-0.2, -0.15) is 0 Å². The molecule has 0 aliphatic heterocycles. The molecule has 2 nitrogen and oxygen atoms in total. The number of rotatable bonds is 0. The smallest absolute Gasteiger partial charge is 0.178 e. The third-order valence-corrected chi connectivity index (χ3v) is 4.61. The number of furan rings is 1. The Bertz CT molecular complexity index is 1220. The number of fused-ring (bicyclic) bond motifs is 5.